The third-order valence-electron chi connectivity index (χ3n) is 7.98. The Morgan fingerprint density at radius 3 is 1.92 bits per heavy atom. The molecule has 0 bridgehead atoms. The van der Waals surface area contributed by atoms with E-state index in [0.717, 1.165) is 40.8 Å². The molecule has 202 valence electrons. The maximum absolute atomic E-state index is 13.8. The molecule has 4 rings (SSSR count). The average Bonchev–Trinajstić information content (AvgIpc) is 2.90. The Morgan fingerprint density at radius 1 is 0.763 bits per heavy atom. The molecule has 0 saturated heterocycles. The van der Waals surface area contributed by atoms with Gasteiger partial charge < -0.3 is 9.16 Å². The maximum Gasteiger partial charge on any atom is 0.258 e. The predicted molar refractivity (Wildman–Crippen MR) is 164 cm³/mol. The Kier molecular flexibility index (Phi) is 9.20. The molecule has 0 amide bonds. The van der Waals surface area contributed by atoms with Crippen LogP contribution >= 0.6 is 15.9 Å². The van der Waals surface area contributed by atoms with Crippen LogP contribution in [-0.2, 0) is 6.42 Å². The molecule has 2 nitrogen and oxygen atoms in total. The molecule has 0 aliphatic heterocycles. The van der Waals surface area contributed by atoms with Crippen molar-refractivity contribution < 1.29 is 13.6 Å². The van der Waals surface area contributed by atoms with Crippen LogP contribution in [-0.4, -0.2) is 20.3 Å². The largest absolute Gasteiger partial charge is 0.543 e. The fourth-order valence-electron chi connectivity index (χ4n) is 6.33. The van der Waals surface area contributed by atoms with Gasteiger partial charge in [0.2, 0.25) is 0 Å². The lowest BCUT2D eigenvalue weighted by Crippen LogP contribution is -2.50. The van der Waals surface area contributed by atoms with Gasteiger partial charge >= 0.3 is 0 Å². The molecule has 38 heavy (non-hydrogen) atoms. The predicted octanol–water partition coefficient (Wildman–Crippen LogP) is 10.1. The van der Waals surface area contributed by atoms with Gasteiger partial charge in [0.15, 0.2) is 0 Å². The molecule has 0 spiro atoms. The van der Waals surface area contributed by atoms with Gasteiger partial charge in [0.1, 0.15) is 17.3 Å². The van der Waals surface area contributed by atoms with E-state index >= 15 is 0 Å². The third kappa shape index (κ3) is 5.79. The van der Waals surface area contributed by atoms with Crippen LogP contribution in [0.4, 0.5) is 4.39 Å². The number of hydrogen-bond donors (Lipinski definition) is 0. The van der Waals surface area contributed by atoms with E-state index in [9.17, 15) is 4.39 Å². The fourth-order valence-corrected chi connectivity index (χ4v) is 11.7. The molecular formula is C33H40BrFO2Si. The van der Waals surface area contributed by atoms with E-state index in [-0.39, 0.29) is 5.82 Å². The van der Waals surface area contributed by atoms with Gasteiger partial charge in [-0.2, -0.15) is 0 Å². The normalized spacial score (nSPS) is 13.9. The number of rotatable bonds is 10. The average molecular weight is 596 g/mol. The van der Waals surface area contributed by atoms with Crippen LogP contribution in [0.25, 0.3) is 11.1 Å². The van der Waals surface area contributed by atoms with Gasteiger partial charge in [-0.1, -0.05) is 87.8 Å². The van der Waals surface area contributed by atoms with Gasteiger partial charge in [0.25, 0.3) is 8.32 Å². The van der Waals surface area contributed by atoms with Gasteiger partial charge in [-0.3, -0.25) is 0 Å². The van der Waals surface area contributed by atoms with Crippen LogP contribution in [0.3, 0.4) is 0 Å². The zero-order valence-electron chi connectivity index (χ0n) is 23.5. The van der Waals surface area contributed by atoms with E-state index in [1.807, 2.05) is 24.3 Å². The molecule has 1 aliphatic carbocycles. The molecule has 0 fully saturated rings. The second-order valence-corrected chi connectivity index (χ2v) is 17.3. The molecule has 3 aromatic carbocycles. The van der Waals surface area contributed by atoms with E-state index in [4.69, 9.17) is 9.16 Å². The van der Waals surface area contributed by atoms with Crippen LogP contribution in [0, 0.1) is 5.82 Å². The lowest BCUT2D eigenvalue weighted by Gasteiger charge is -2.42. The van der Waals surface area contributed by atoms with Crippen molar-refractivity contribution in [2.24, 2.45) is 0 Å². The summed E-state index contributed by atoms with van der Waals surface area (Å²) in [4.78, 5) is 0. The van der Waals surface area contributed by atoms with E-state index in [1.165, 1.54) is 22.3 Å². The van der Waals surface area contributed by atoms with Crippen LogP contribution < -0.4 is 9.16 Å². The number of benzene rings is 3. The second-order valence-electron chi connectivity index (χ2n) is 11.2. The van der Waals surface area contributed by atoms with Crippen molar-refractivity contribution in [2.75, 3.05) is 11.9 Å². The maximum atomic E-state index is 13.8. The summed E-state index contributed by atoms with van der Waals surface area (Å²) in [5.74, 6) is 1.64. The van der Waals surface area contributed by atoms with Crippen LogP contribution in [0.15, 0.2) is 66.7 Å². The first kappa shape index (κ1) is 28.6. The Labute approximate surface area is 237 Å². The van der Waals surface area contributed by atoms with Gasteiger partial charge in [-0.15, -0.1) is 0 Å². The minimum absolute atomic E-state index is 0.213. The van der Waals surface area contributed by atoms with Gasteiger partial charge in [0.05, 0.1) is 6.61 Å². The van der Waals surface area contributed by atoms with Crippen molar-refractivity contribution in [1.82, 2.24) is 0 Å². The zero-order valence-corrected chi connectivity index (χ0v) is 26.1. The molecule has 1 aliphatic rings. The SMILES string of the molecule is CC(C)[Si](Oc1ccc2c(c1)CCC(c1ccc(F)cc1)=C2c1ccc(OCCBr)cc1)(C(C)C)C(C)C. The number of hydrogen-bond acceptors (Lipinski definition) is 2. The molecule has 0 atom stereocenters. The minimum Gasteiger partial charge on any atom is -0.543 e. The minimum atomic E-state index is -2.05. The van der Waals surface area contributed by atoms with Crippen molar-refractivity contribution in [1.29, 1.82) is 0 Å². The van der Waals surface area contributed by atoms with Crippen LogP contribution in [0.2, 0.25) is 16.6 Å². The fraction of sp³-hybridized carbons (Fsp3) is 0.394. The van der Waals surface area contributed by atoms with Crippen molar-refractivity contribution in [3.05, 3.63) is 94.8 Å². The molecular weight excluding hydrogens is 555 g/mol. The number of aryl methyl sites for hydroxylation is 1. The first-order chi connectivity index (χ1) is 18.2. The highest BCUT2D eigenvalue weighted by atomic mass is 79.9. The highest BCUT2D eigenvalue weighted by Gasteiger charge is 2.47. The number of halogens is 2. The van der Waals surface area contributed by atoms with Crippen molar-refractivity contribution >= 4 is 35.4 Å². The summed E-state index contributed by atoms with van der Waals surface area (Å²) in [6.45, 7) is 14.6. The van der Waals surface area contributed by atoms with Crippen molar-refractivity contribution in [3.8, 4) is 11.5 Å². The molecule has 3 aromatic rings. The quantitative estimate of drug-likeness (QED) is 0.172. The summed E-state index contributed by atoms with van der Waals surface area (Å²) < 4.78 is 26.6. The second kappa shape index (κ2) is 12.2. The molecule has 0 saturated carbocycles. The Hall–Kier alpha value is -2.37. The van der Waals surface area contributed by atoms with Gasteiger partial charge in [-0.25, -0.2) is 4.39 Å². The molecule has 0 radical (unpaired) electrons. The standard InChI is InChI=1S/C33H40BrFO2Si/c1-22(2)38(23(3)4,24(5)6)37-30-16-18-32-27(21-30)11-17-31(25-7-12-28(35)13-8-25)33(32)26-9-14-29(15-10-26)36-20-19-34/h7-10,12-16,18,21-24H,11,17,19-20H2,1-6H3. The summed E-state index contributed by atoms with van der Waals surface area (Å²) in [5, 5.41) is 0.793. The molecule has 5 heteroatoms. The van der Waals surface area contributed by atoms with E-state index < -0.39 is 8.32 Å². The number of ether oxygens (including phenoxy) is 1. The molecule has 0 unspecified atom stereocenters. The summed E-state index contributed by atoms with van der Waals surface area (Å²) in [6.07, 6.45) is 1.81. The zero-order chi connectivity index (χ0) is 27.4. The topological polar surface area (TPSA) is 18.5 Å². The van der Waals surface area contributed by atoms with Crippen LogP contribution in [0.5, 0.6) is 11.5 Å². The number of fused-ring (bicyclic) bond motifs is 1. The molecule has 0 aromatic heterocycles. The Bertz CT molecular complexity index is 1240. The Morgan fingerprint density at radius 2 is 1.34 bits per heavy atom. The van der Waals surface area contributed by atoms with Gasteiger partial charge in [0, 0.05) is 5.33 Å². The highest BCUT2D eigenvalue weighted by Crippen LogP contribution is 2.45. The van der Waals surface area contributed by atoms with E-state index in [1.54, 1.807) is 12.1 Å². The lowest BCUT2D eigenvalue weighted by molar-refractivity contribution is 0.345. The number of alkyl halides is 1. The highest BCUT2D eigenvalue weighted by molar-refractivity contribution is 9.09. The van der Waals surface area contributed by atoms with Gasteiger partial charge in [-0.05, 0) is 99.3 Å². The lowest BCUT2D eigenvalue weighted by atomic mass is 9.79. The smallest absolute Gasteiger partial charge is 0.258 e. The van der Waals surface area contributed by atoms with E-state index in [0.29, 0.717) is 23.2 Å². The van der Waals surface area contributed by atoms with E-state index in [2.05, 4.69) is 87.8 Å². The summed E-state index contributed by atoms with van der Waals surface area (Å²) in [7, 11) is -2.05. The number of allylic oxidation sites excluding steroid dienone is 1. The summed E-state index contributed by atoms with van der Waals surface area (Å²) >= 11 is 3.42. The Balaban J connectivity index is 1.80. The summed E-state index contributed by atoms with van der Waals surface area (Å²) in [5.41, 5.74) is 8.74. The molecule has 0 heterocycles. The van der Waals surface area contributed by atoms with Crippen molar-refractivity contribution in [2.45, 2.75) is 71.0 Å². The first-order valence-electron chi connectivity index (χ1n) is 13.8. The monoisotopic (exact) mass is 594 g/mol. The first-order valence-corrected chi connectivity index (χ1v) is 17.0. The van der Waals surface area contributed by atoms with Crippen molar-refractivity contribution in [3.63, 3.8) is 0 Å². The molecule has 0 N–H and O–H groups in total. The van der Waals surface area contributed by atoms with Crippen LogP contribution in [0.1, 0.15) is 70.2 Å². The summed E-state index contributed by atoms with van der Waals surface area (Å²) in [6, 6.07) is 21.9. The third-order valence-corrected chi connectivity index (χ3v) is 14.3.